The van der Waals surface area contributed by atoms with Gasteiger partial charge in [-0.2, -0.15) is 0 Å². The van der Waals surface area contributed by atoms with E-state index in [1.54, 1.807) is 18.2 Å². The Labute approximate surface area is 141 Å². The number of ether oxygens (including phenoxy) is 1. The minimum absolute atomic E-state index is 0.200. The molecule has 0 aliphatic rings. The van der Waals surface area contributed by atoms with Crippen LogP contribution < -0.4 is 5.32 Å². The predicted molar refractivity (Wildman–Crippen MR) is 89.7 cm³/mol. The van der Waals surface area contributed by atoms with Crippen molar-refractivity contribution < 1.29 is 18.7 Å². The van der Waals surface area contributed by atoms with Crippen LogP contribution in [0.4, 0.5) is 4.39 Å². The van der Waals surface area contributed by atoms with E-state index in [1.165, 1.54) is 30.6 Å². The molecule has 3 rings (SSSR count). The van der Waals surface area contributed by atoms with Crippen LogP contribution in [0, 0.1) is 5.82 Å². The first-order chi connectivity index (χ1) is 11.6. The lowest BCUT2D eigenvalue weighted by Gasteiger charge is -2.11. The molecule has 1 N–H and O–H groups in total. The molecule has 7 heteroatoms. The number of methoxy groups -OCH3 is 1. The Morgan fingerprint density at radius 3 is 2.88 bits per heavy atom. The normalized spacial score (nSPS) is 10.8. The SMILES string of the molecule is COC(=O)CNC(=O)c1cc2sccc2n1Cc1cccc(F)c1. The molecule has 1 aromatic carbocycles. The number of rotatable bonds is 5. The van der Waals surface area contributed by atoms with Crippen molar-refractivity contribution >= 4 is 33.4 Å². The smallest absolute Gasteiger partial charge is 0.325 e. The van der Waals surface area contributed by atoms with Crippen LogP contribution in [-0.2, 0) is 16.1 Å². The van der Waals surface area contributed by atoms with Crippen LogP contribution in [0.5, 0.6) is 0 Å². The summed E-state index contributed by atoms with van der Waals surface area (Å²) in [5, 5.41) is 4.47. The minimum Gasteiger partial charge on any atom is -0.468 e. The Kier molecular flexibility index (Phi) is 4.61. The molecule has 0 radical (unpaired) electrons. The standard InChI is InChI=1S/C17H15FN2O3S/c1-23-16(21)9-19-17(22)14-8-15-13(5-6-24-15)20(14)10-11-3-2-4-12(18)7-11/h2-8H,9-10H2,1H3,(H,19,22). The Balaban J connectivity index is 1.92. The average Bonchev–Trinajstić information content (AvgIpc) is 3.15. The highest BCUT2D eigenvalue weighted by Crippen LogP contribution is 2.26. The van der Waals surface area contributed by atoms with Gasteiger partial charge >= 0.3 is 5.97 Å². The molecule has 0 fully saturated rings. The fraction of sp³-hybridized carbons (Fsp3) is 0.176. The summed E-state index contributed by atoms with van der Waals surface area (Å²) in [7, 11) is 1.26. The van der Waals surface area contributed by atoms with Gasteiger partial charge in [-0.25, -0.2) is 4.39 Å². The number of amides is 1. The predicted octanol–water partition coefficient (Wildman–Crippen LogP) is 2.79. The highest BCUT2D eigenvalue weighted by Gasteiger charge is 2.17. The summed E-state index contributed by atoms with van der Waals surface area (Å²) in [5.74, 6) is -1.22. The van der Waals surface area contributed by atoms with Gasteiger partial charge in [0.1, 0.15) is 18.1 Å². The van der Waals surface area contributed by atoms with Gasteiger partial charge in [0.15, 0.2) is 0 Å². The molecule has 0 aliphatic carbocycles. The van der Waals surface area contributed by atoms with E-state index in [4.69, 9.17) is 0 Å². The number of benzene rings is 1. The molecule has 2 heterocycles. The number of nitrogens with one attached hydrogen (secondary N) is 1. The molecular weight excluding hydrogens is 331 g/mol. The summed E-state index contributed by atoms with van der Waals surface area (Å²) < 4.78 is 20.7. The van der Waals surface area contributed by atoms with Crippen LogP contribution in [0.3, 0.4) is 0 Å². The van der Waals surface area contributed by atoms with E-state index >= 15 is 0 Å². The molecule has 24 heavy (non-hydrogen) atoms. The highest BCUT2D eigenvalue weighted by atomic mass is 32.1. The maximum atomic E-state index is 13.4. The van der Waals surface area contributed by atoms with Crippen LogP contribution in [0.2, 0.25) is 0 Å². The molecule has 0 aliphatic heterocycles. The van der Waals surface area contributed by atoms with Gasteiger partial charge in [0.25, 0.3) is 5.91 Å². The van der Waals surface area contributed by atoms with E-state index in [0.29, 0.717) is 12.2 Å². The van der Waals surface area contributed by atoms with Crippen molar-refractivity contribution in [3.8, 4) is 0 Å². The van der Waals surface area contributed by atoms with Crippen LogP contribution in [0.1, 0.15) is 16.1 Å². The van der Waals surface area contributed by atoms with Crippen molar-refractivity contribution in [1.82, 2.24) is 9.88 Å². The third-order valence-corrected chi connectivity index (χ3v) is 4.46. The van der Waals surface area contributed by atoms with Crippen molar-refractivity contribution in [2.24, 2.45) is 0 Å². The van der Waals surface area contributed by atoms with E-state index in [0.717, 1.165) is 15.8 Å². The number of halogens is 1. The van der Waals surface area contributed by atoms with E-state index in [2.05, 4.69) is 10.1 Å². The number of hydrogen-bond donors (Lipinski definition) is 1. The second-order valence-corrected chi connectivity index (χ2v) is 6.12. The third kappa shape index (κ3) is 3.30. The Morgan fingerprint density at radius 1 is 1.29 bits per heavy atom. The number of hydrogen-bond acceptors (Lipinski definition) is 4. The van der Waals surface area contributed by atoms with Crippen LogP contribution >= 0.6 is 11.3 Å². The average molecular weight is 346 g/mol. The van der Waals surface area contributed by atoms with Gasteiger partial charge in [0.2, 0.25) is 0 Å². The van der Waals surface area contributed by atoms with Crippen LogP contribution in [-0.4, -0.2) is 30.1 Å². The number of aromatic nitrogens is 1. The third-order valence-electron chi connectivity index (χ3n) is 3.61. The first-order valence-electron chi connectivity index (χ1n) is 7.24. The largest absolute Gasteiger partial charge is 0.468 e. The van der Waals surface area contributed by atoms with Gasteiger partial charge in [-0.05, 0) is 35.2 Å². The zero-order chi connectivity index (χ0) is 17.1. The van der Waals surface area contributed by atoms with Crippen molar-refractivity contribution in [3.63, 3.8) is 0 Å². The Hall–Kier alpha value is -2.67. The van der Waals surface area contributed by atoms with Crippen molar-refractivity contribution in [3.05, 3.63) is 58.9 Å². The second kappa shape index (κ2) is 6.84. The molecule has 5 nitrogen and oxygen atoms in total. The van der Waals surface area contributed by atoms with E-state index in [1.807, 2.05) is 16.0 Å². The molecule has 0 saturated carbocycles. The first-order valence-corrected chi connectivity index (χ1v) is 8.12. The molecule has 1 amide bonds. The lowest BCUT2D eigenvalue weighted by Crippen LogP contribution is -2.31. The summed E-state index contributed by atoms with van der Waals surface area (Å²) in [6.07, 6.45) is 0. The number of thiophene rings is 1. The summed E-state index contributed by atoms with van der Waals surface area (Å²) in [4.78, 5) is 23.6. The van der Waals surface area contributed by atoms with Crippen LogP contribution in [0.25, 0.3) is 10.2 Å². The van der Waals surface area contributed by atoms with Crippen molar-refractivity contribution in [1.29, 1.82) is 0 Å². The number of carbonyl (C=O) groups excluding carboxylic acids is 2. The lowest BCUT2D eigenvalue weighted by molar-refractivity contribution is -0.139. The Bertz CT molecular complexity index is 900. The Morgan fingerprint density at radius 2 is 2.12 bits per heavy atom. The van der Waals surface area contributed by atoms with Gasteiger partial charge in [0, 0.05) is 6.54 Å². The molecule has 0 bridgehead atoms. The van der Waals surface area contributed by atoms with Gasteiger partial charge in [0.05, 0.1) is 17.3 Å². The molecule has 2 aromatic heterocycles. The molecule has 124 valence electrons. The number of esters is 1. The molecular formula is C17H15FN2O3S. The van der Waals surface area contributed by atoms with E-state index < -0.39 is 5.97 Å². The first kappa shape index (κ1) is 16.2. The van der Waals surface area contributed by atoms with Gasteiger partial charge < -0.3 is 14.6 Å². The fourth-order valence-corrected chi connectivity index (χ4v) is 3.29. The quantitative estimate of drug-likeness (QED) is 0.723. The van der Waals surface area contributed by atoms with Crippen molar-refractivity contribution in [2.45, 2.75) is 6.54 Å². The molecule has 0 spiro atoms. The molecule has 3 aromatic rings. The highest BCUT2D eigenvalue weighted by molar-refractivity contribution is 7.17. The maximum absolute atomic E-state index is 13.4. The lowest BCUT2D eigenvalue weighted by atomic mass is 10.2. The summed E-state index contributed by atoms with van der Waals surface area (Å²) in [6, 6.07) is 9.94. The number of fused-ring (bicyclic) bond motifs is 1. The molecule has 0 atom stereocenters. The minimum atomic E-state index is -0.520. The van der Waals surface area contributed by atoms with Gasteiger partial charge in [-0.3, -0.25) is 9.59 Å². The number of carbonyl (C=O) groups is 2. The topological polar surface area (TPSA) is 60.3 Å². The number of nitrogens with zero attached hydrogens (tertiary/aromatic N) is 1. The summed E-state index contributed by atoms with van der Waals surface area (Å²) in [5.41, 5.74) is 2.07. The van der Waals surface area contributed by atoms with E-state index in [-0.39, 0.29) is 18.3 Å². The zero-order valence-electron chi connectivity index (χ0n) is 12.9. The van der Waals surface area contributed by atoms with E-state index in [9.17, 15) is 14.0 Å². The molecule has 0 unspecified atom stereocenters. The summed E-state index contributed by atoms with van der Waals surface area (Å²) >= 11 is 1.52. The van der Waals surface area contributed by atoms with Gasteiger partial charge in [-0.15, -0.1) is 11.3 Å². The van der Waals surface area contributed by atoms with Gasteiger partial charge in [-0.1, -0.05) is 12.1 Å². The monoisotopic (exact) mass is 346 g/mol. The van der Waals surface area contributed by atoms with Crippen molar-refractivity contribution in [2.75, 3.05) is 13.7 Å². The summed E-state index contributed by atoms with van der Waals surface area (Å²) in [6.45, 7) is 0.160. The maximum Gasteiger partial charge on any atom is 0.325 e. The fourth-order valence-electron chi connectivity index (χ4n) is 2.47. The second-order valence-electron chi connectivity index (χ2n) is 5.17. The van der Waals surface area contributed by atoms with Crippen LogP contribution in [0.15, 0.2) is 41.8 Å². The molecule has 0 saturated heterocycles. The zero-order valence-corrected chi connectivity index (χ0v) is 13.7.